The van der Waals surface area contributed by atoms with Gasteiger partial charge in [0.2, 0.25) is 5.91 Å². The molecule has 0 spiro atoms. The maximum Gasteiger partial charge on any atom is 0.268 e. The van der Waals surface area contributed by atoms with E-state index in [1.807, 2.05) is 24.3 Å². The molecule has 0 aromatic heterocycles. The number of hydrogen-bond acceptors (Lipinski definition) is 4. The molecular formula is C14H15N3O3. The number of benzene rings is 1. The molecular weight excluding hydrogens is 258 g/mol. The molecule has 0 fully saturated rings. The van der Waals surface area contributed by atoms with E-state index in [1.165, 1.54) is 0 Å². The standard InChI is InChI=1S/C14H15N3O3/c18-11-7-8-3-1-2-4-9(8)13(11)15-14(20)10-5-6-12(19)17-16-10/h1-4,11,13,18H,5-7H2,(H,15,20)(H,17,19). The number of nitrogens with zero attached hydrogens (tertiary/aromatic N) is 1. The summed E-state index contributed by atoms with van der Waals surface area (Å²) in [5.41, 5.74) is 4.57. The molecule has 1 heterocycles. The lowest BCUT2D eigenvalue weighted by Gasteiger charge is -2.19. The van der Waals surface area contributed by atoms with Gasteiger partial charge in [-0.3, -0.25) is 9.59 Å². The molecule has 1 aliphatic heterocycles. The van der Waals surface area contributed by atoms with Crippen molar-refractivity contribution in [1.29, 1.82) is 0 Å². The molecule has 1 aromatic carbocycles. The molecule has 20 heavy (non-hydrogen) atoms. The van der Waals surface area contributed by atoms with E-state index in [0.717, 1.165) is 11.1 Å². The zero-order valence-corrected chi connectivity index (χ0v) is 10.8. The lowest BCUT2D eigenvalue weighted by molar-refractivity contribution is -0.121. The van der Waals surface area contributed by atoms with Crippen molar-refractivity contribution in [2.75, 3.05) is 0 Å². The Bertz CT molecular complexity index is 597. The molecule has 3 N–H and O–H groups in total. The van der Waals surface area contributed by atoms with Crippen molar-refractivity contribution >= 4 is 17.5 Å². The van der Waals surface area contributed by atoms with Gasteiger partial charge in [-0.05, 0) is 11.1 Å². The lowest BCUT2D eigenvalue weighted by atomic mass is 10.1. The van der Waals surface area contributed by atoms with Gasteiger partial charge >= 0.3 is 0 Å². The molecule has 0 bridgehead atoms. The minimum Gasteiger partial charge on any atom is -0.390 e. The Morgan fingerprint density at radius 1 is 1.35 bits per heavy atom. The van der Waals surface area contributed by atoms with Gasteiger partial charge in [-0.25, -0.2) is 5.43 Å². The Balaban J connectivity index is 1.75. The van der Waals surface area contributed by atoms with Crippen LogP contribution in [0.2, 0.25) is 0 Å². The molecule has 2 aliphatic rings. The fraction of sp³-hybridized carbons (Fsp3) is 0.357. The predicted molar refractivity (Wildman–Crippen MR) is 71.8 cm³/mol. The molecule has 0 radical (unpaired) electrons. The number of amides is 2. The van der Waals surface area contributed by atoms with Crippen LogP contribution in [0.5, 0.6) is 0 Å². The highest BCUT2D eigenvalue weighted by Crippen LogP contribution is 2.31. The molecule has 2 atom stereocenters. The number of nitrogens with one attached hydrogen (secondary N) is 2. The zero-order chi connectivity index (χ0) is 14.1. The number of carbonyl (C=O) groups excluding carboxylic acids is 2. The zero-order valence-electron chi connectivity index (χ0n) is 10.8. The summed E-state index contributed by atoms with van der Waals surface area (Å²) in [6.07, 6.45) is 0.484. The number of aliphatic hydroxyl groups is 1. The first-order chi connectivity index (χ1) is 9.65. The molecule has 1 aliphatic carbocycles. The second-order valence-corrected chi connectivity index (χ2v) is 5.01. The largest absolute Gasteiger partial charge is 0.390 e. The fourth-order valence-electron chi connectivity index (χ4n) is 2.61. The molecule has 3 rings (SSSR count). The van der Waals surface area contributed by atoms with Gasteiger partial charge < -0.3 is 10.4 Å². The van der Waals surface area contributed by atoms with Gasteiger partial charge in [-0.15, -0.1) is 0 Å². The molecule has 2 amide bonds. The van der Waals surface area contributed by atoms with Crippen molar-refractivity contribution in [3.63, 3.8) is 0 Å². The van der Waals surface area contributed by atoms with Crippen molar-refractivity contribution in [1.82, 2.24) is 10.7 Å². The Kier molecular flexibility index (Phi) is 3.23. The first-order valence-corrected chi connectivity index (χ1v) is 6.57. The summed E-state index contributed by atoms with van der Waals surface area (Å²) >= 11 is 0. The van der Waals surface area contributed by atoms with Crippen LogP contribution < -0.4 is 10.7 Å². The monoisotopic (exact) mass is 273 g/mol. The topological polar surface area (TPSA) is 90.8 Å². The van der Waals surface area contributed by atoms with Crippen LogP contribution in [-0.4, -0.2) is 28.7 Å². The highest BCUT2D eigenvalue weighted by atomic mass is 16.3. The van der Waals surface area contributed by atoms with Gasteiger partial charge in [0, 0.05) is 19.3 Å². The van der Waals surface area contributed by atoms with E-state index in [4.69, 9.17) is 0 Å². The summed E-state index contributed by atoms with van der Waals surface area (Å²) < 4.78 is 0. The molecule has 104 valence electrons. The number of fused-ring (bicyclic) bond motifs is 1. The van der Waals surface area contributed by atoms with Crippen LogP contribution in [0.3, 0.4) is 0 Å². The summed E-state index contributed by atoms with van der Waals surface area (Å²) in [6.45, 7) is 0. The Labute approximate surface area is 115 Å². The highest BCUT2D eigenvalue weighted by Gasteiger charge is 2.33. The van der Waals surface area contributed by atoms with Crippen LogP contribution in [-0.2, 0) is 16.0 Å². The van der Waals surface area contributed by atoms with Crippen LogP contribution in [0.4, 0.5) is 0 Å². The van der Waals surface area contributed by atoms with E-state index in [0.29, 0.717) is 18.6 Å². The van der Waals surface area contributed by atoms with Crippen molar-refractivity contribution in [2.24, 2.45) is 5.10 Å². The van der Waals surface area contributed by atoms with E-state index >= 15 is 0 Å². The predicted octanol–water partition coefficient (Wildman–Crippen LogP) is 0.0269. The van der Waals surface area contributed by atoms with Crippen LogP contribution in [0, 0.1) is 0 Å². The molecule has 6 nitrogen and oxygen atoms in total. The number of aliphatic hydroxyl groups excluding tert-OH is 1. The van der Waals surface area contributed by atoms with Crippen LogP contribution in [0.1, 0.15) is 30.0 Å². The molecule has 1 aromatic rings. The minimum atomic E-state index is -0.630. The van der Waals surface area contributed by atoms with Crippen molar-refractivity contribution in [3.8, 4) is 0 Å². The van der Waals surface area contributed by atoms with E-state index in [9.17, 15) is 14.7 Å². The number of hydrazone groups is 1. The first kappa shape index (κ1) is 12.8. The van der Waals surface area contributed by atoms with E-state index < -0.39 is 12.1 Å². The number of rotatable bonds is 2. The SMILES string of the molecule is O=C1CCC(C(=O)NC2c3ccccc3CC2O)=NN1. The van der Waals surface area contributed by atoms with Gasteiger partial charge in [0.15, 0.2) is 0 Å². The normalized spacial score (nSPS) is 24.6. The van der Waals surface area contributed by atoms with Crippen LogP contribution in [0.15, 0.2) is 29.4 Å². The molecule has 0 saturated carbocycles. The average Bonchev–Trinajstić information content (AvgIpc) is 2.76. The lowest BCUT2D eigenvalue weighted by Crippen LogP contribution is -2.41. The Morgan fingerprint density at radius 2 is 2.15 bits per heavy atom. The van der Waals surface area contributed by atoms with Gasteiger partial charge in [0.25, 0.3) is 5.91 Å². The third-order valence-electron chi connectivity index (χ3n) is 3.66. The third kappa shape index (κ3) is 2.30. The van der Waals surface area contributed by atoms with E-state index in [-0.39, 0.29) is 18.2 Å². The quantitative estimate of drug-likeness (QED) is 0.710. The third-order valence-corrected chi connectivity index (χ3v) is 3.66. The average molecular weight is 273 g/mol. The van der Waals surface area contributed by atoms with E-state index in [1.54, 1.807) is 0 Å². The first-order valence-electron chi connectivity index (χ1n) is 6.57. The minimum absolute atomic E-state index is 0.187. The Morgan fingerprint density at radius 3 is 2.90 bits per heavy atom. The second kappa shape index (κ2) is 5.05. The Hall–Kier alpha value is -2.21. The summed E-state index contributed by atoms with van der Waals surface area (Å²) in [6, 6.07) is 7.23. The summed E-state index contributed by atoms with van der Waals surface area (Å²) in [5.74, 6) is -0.529. The van der Waals surface area contributed by atoms with E-state index in [2.05, 4.69) is 15.8 Å². The summed E-state index contributed by atoms with van der Waals surface area (Å²) in [4.78, 5) is 23.1. The highest BCUT2D eigenvalue weighted by molar-refractivity contribution is 6.39. The maximum absolute atomic E-state index is 12.1. The van der Waals surface area contributed by atoms with Crippen LogP contribution >= 0.6 is 0 Å². The smallest absolute Gasteiger partial charge is 0.268 e. The second-order valence-electron chi connectivity index (χ2n) is 5.01. The summed E-state index contributed by atoms with van der Waals surface area (Å²) in [7, 11) is 0. The molecule has 0 saturated heterocycles. The van der Waals surface area contributed by atoms with Gasteiger partial charge in [-0.1, -0.05) is 24.3 Å². The molecule has 6 heteroatoms. The fourth-order valence-corrected chi connectivity index (χ4v) is 2.61. The molecule has 2 unspecified atom stereocenters. The van der Waals surface area contributed by atoms with Gasteiger partial charge in [-0.2, -0.15) is 5.10 Å². The number of hydrogen-bond donors (Lipinski definition) is 3. The summed E-state index contributed by atoms with van der Waals surface area (Å²) in [5, 5.41) is 16.6. The van der Waals surface area contributed by atoms with Crippen molar-refractivity contribution in [2.45, 2.75) is 31.4 Å². The van der Waals surface area contributed by atoms with Gasteiger partial charge in [0.05, 0.1) is 12.1 Å². The maximum atomic E-state index is 12.1. The van der Waals surface area contributed by atoms with Crippen molar-refractivity contribution in [3.05, 3.63) is 35.4 Å². The van der Waals surface area contributed by atoms with Crippen LogP contribution in [0.25, 0.3) is 0 Å². The number of carbonyl (C=O) groups is 2. The van der Waals surface area contributed by atoms with Crippen molar-refractivity contribution < 1.29 is 14.7 Å². The van der Waals surface area contributed by atoms with Gasteiger partial charge in [0.1, 0.15) is 5.71 Å².